The molecule has 0 saturated carbocycles. The van der Waals surface area contributed by atoms with Crippen LogP contribution in [0.1, 0.15) is 6.93 Å². The van der Waals surface area contributed by atoms with Gasteiger partial charge in [-0.25, -0.2) is 0 Å². The summed E-state index contributed by atoms with van der Waals surface area (Å²) in [7, 11) is -0.154. The highest BCUT2D eigenvalue weighted by molar-refractivity contribution is 5.42. The lowest BCUT2D eigenvalue weighted by Crippen LogP contribution is -1.85. The Morgan fingerprint density at radius 1 is 1.60 bits per heavy atom. The smallest absolute Gasteiger partial charge is 0.136 e. The molecule has 0 unspecified atom stereocenters. The van der Waals surface area contributed by atoms with Crippen molar-refractivity contribution in [3.05, 3.63) is 29.8 Å². The molecule has 50 valence electrons. The van der Waals surface area contributed by atoms with E-state index in [9.17, 15) is 0 Å². The van der Waals surface area contributed by atoms with Crippen molar-refractivity contribution in [2.75, 3.05) is 7.09 Å². The van der Waals surface area contributed by atoms with Crippen LogP contribution in [0.3, 0.4) is 0 Å². The van der Waals surface area contributed by atoms with Crippen molar-refractivity contribution >= 4 is 0 Å². The first kappa shape index (κ1) is 5.31. The molecule has 0 aliphatic rings. The van der Waals surface area contributed by atoms with Crippen molar-refractivity contribution in [3.8, 4) is 11.8 Å². The van der Waals surface area contributed by atoms with Gasteiger partial charge in [0.05, 0.1) is 14.0 Å². The van der Waals surface area contributed by atoms with Crippen LogP contribution < -0.4 is 4.74 Å². The molecule has 0 amide bonds. The monoisotopic (exact) mass is 134 g/mol. The molecule has 0 fully saturated rings. The Balaban J connectivity index is 2.95. The molecular weight excluding hydrogens is 126 g/mol. The molecule has 2 nitrogen and oxygen atoms in total. The Morgan fingerprint density at radius 2 is 2.40 bits per heavy atom. The first-order valence-electron chi connectivity index (χ1n) is 3.50. The molecule has 10 heavy (non-hydrogen) atoms. The van der Waals surface area contributed by atoms with Gasteiger partial charge in [0.2, 0.25) is 0 Å². The summed E-state index contributed by atoms with van der Waals surface area (Å²) in [5.41, 5.74) is 0.472. The molecule has 1 aromatic rings. The number of nitriles is 1. The molecule has 0 heterocycles. The van der Waals surface area contributed by atoms with Gasteiger partial charge in [-0.3, -0.25) is 0 Å². The summed E-state index contributed by atoms with van der Waals surface area (Å²) in [5, 5.41) is 8.55. The van der Waals surface area contributed by atoms with Gasteiger partial charge in [0, 0.05) is 0 Å². The van der Waals surface area contributed by atoms with Crippen LogP contribution in [0.25, 0.3) is 0 Å². The zero-order valence-electron chi connectivity index (χ0n) is 6.37. The summed E-state index contributed by atoms with van der Waals surface area (Å²) >= 11 is 0. The summed E-state index contributed by atoms with van der Waals surface area (Å²) in [6.45, 7) is 0. The molecule has 0 aliphatic heterocycles. The van der Waals surface area contributed by atoms with Gasteiger partial charge in [-0.15, -0.1) is 0 Å². The van der Waals surface area contributed by atoms with Gasteiger partial charge in [-0.05, 0) is 12.1 Å². The summed E-state index contributed by atoms with van der Waals surface area (Å²) in [6.07, 6.45) is 0. The second-order valence-corrected chi connectivity index (χ2v) is 1.75. The van der Waals surface area contributed by atoms with Crippen LogP contribution in [0, 0.1) is 11.3 Å². The maximum atomic E-state index is 8.55. The molecule has 0 saturated heterocycles. The zero-order chi connectivity index (χ0) is 8.10. The number of methoxy groups -OCH3 is 1. The van der Waals surface area contributed by atoms with Crippen LogP contribution in [0.15, 0.2) is 24.3 Å². The third-order valence-electron chi connectivity index (χ3n) is 1.16. The normalized spacial score (nSPS) is 9.70. The molecule has 0 N–H and O–H groups in total. The number of nitrogens with zero attached hydrogens (tertiary/aromatic N) is 1. The predicted octanol–water partition coefficient (Wildman–Crippen LogP) is 1.57. The highest BCUT2D eigenvalue weighted by atomic mass is 16.5. The summed E-state index contributed by atoms with van der Waals surface area (Å²) in [5.74, 6) is 0.477. The molecule has 2 heteroatoms. The summed E-state index contributed by atoms with van der Waals surface area (Å²) in [6, 6.07) is 8.83. The molecule has 0 bridgehead atoms. The second kappa shape index (κ2) is 2.88. The van der Waals surface area contributed by atoms with Crippen molar-refractivity contribution in [2.24, 2.45) is 0 Å². The largest absolute Gasteiger partial charge is 0.495 e. The lowest BCUT2D eigenvalue weighted by Gasteiger charge is -1.98. The SMILES string of the molecule is [2H]COc1ccccc1C#N. The highest BCUT2D eigenvalue weighted by Crippen LogP contribution is 2.14. The van der Waals surface area contributed by atoms with Crippen LogP contribution >= 0.6 is 0 Å². The molecule has 0 aromatic heterocycles. The van der Waals surface area contributed by atoms with E-state index in [0.717, 1.165) is 0 Å². The standard InChI is InChI=1S/C8H7NO/c1-10-8-5-3-2-4-7(8)6-9/h2-5H,1H3/i1D. The fraction of sp³-hybridized carbons (Fsp3) is 0.125. The Hall–Kier alpha value is -1.49. The summed E-state index contributed by atoms with van der Waals surface area (Å²) < 4.78 is 11.7. The highest BCUT2D eigenvalue weighted by Gasteiger charge is 1.96. The average molecular weight is 134 g/mol. The fourth-order valence-electron chi connectivity index (χ4n) is 0.685. The van der Waals surface area contributed by atoms with Gasteiger partial charge in [0.25, 0.3) is 0 Å². The molecule has 0 spiro atoms. The van der Waals surface area contributed by atoms with Gasteiger partial charge >= 0.3 is 0 Å². The molecule has 1 rings (SSSR count). The Kier molecular flexibility index (Phi) is 1.53. The Labute approximate surface area is 61.1 Å². The van der Waals surface area contributed by atoms with Crippen molar-refractivity contribution in [3.63, 3.8) is 0 Å². The van der Waals surface area contributed by atoms with E-state index in [1.807, 2.05) is 6.07 Å². The maximum Gasteiger partial charge on any atom is 0.136 e. The lowest BCUT2D eigenvalue weighted by molar-refractivity contribution is 0.413. The van der Waals surface area contributed by atoms with E-state index in [-0.39, 0.29) is 7.09 Å². The number of rotatable bonds is 1. The van der Waals surface area contributed by atoms with E-state index in [2.05, 4.69) is 0 Å². The molecule has 0 radical (unpaired) electrons. The molecular formula is C8H7NO. The zero-order valence-corrected chi connectivity index (χ0v) is 5.37. The maximum absolute atomic E-state index is 8.55. The van der Waals surface area contributed by atoms with Crippen molar-refractivity contribution < 1.29 is 6.11 Å². The van der Waals surface area contributed by atoms with E-state index >= 15 is 0 Å². The number of para-hydroxylation sites is 1. The van der Waals surface area contributed by atoms with Crippen LogP contribution in [0.4, 0.5) is 0 Å². The van der Waals surface area contributed by atoms with Gasteiger partial charge in [0.15, 0.2) is 0 Å². The first-order chi connectivity index (χ1) is 5.38. The number of hydrogen-bond acceptors (Lipinski definition) is 2. The van der Waals surface area contributed by atoms with Crippen molar-refractivity contribution in [1.29, 1.82) is 5.26 Å². The van der Waals surface area contributed by atoms with Gasteiger partial charge < -0.3 is 4.74 Å². The topological polar surface area (TPSA) is 33.0 Å². The van der Waals surface area contributed by atoms with E-state index < -0.39 is 0 Å². The van der Waals surface area contributed by atoms with E-state index in [1.54, 1.807) is 24.3 Å². The minimum atomic E-state index is -0.154. The fourth-order valence-corrected chi connectivity index (χ4v) is 0.685. The second-order valence-electron chi connectivity index (χ2n) is 1.75. The first-order valence-corrected chi connectivity index (χ1v) is 2.79. The van der Waals surface area contributed by atoms with E-state index in [4.69, 9.17) is 11.4 Å². The Bertz CT molecular complexity index is 280. The average Bonchev–Trinajstić information content (AvgIpc) is 2.06. The number of benzene rings is 1. The number of ether oxygens (including phenoxy) is 1. The van der Waals surface area contributed by atoms with Crippen LogP contribution in [0.2, 0.25) is 0 Å². The van der Waals surface area contributed by atoms with Crippen molar-refractivity contribution in [1.82, 2.24) is 0 Å². The van der Waals surface area contributed by atoms with E-state index in [1.165, 1.54) is 0 Å². The van der Waals surface area contributed by atoms with Gasteiger partial charge in [-0.1, -0.05) is 12.1 Å². The van der Waals surface area contributed by atoms with Gasteiger partial charge in [-0.2, -0.15) is 5.26 Å². The van der Waals surface area contributed by atoms with E-state index in [0.29, 0.717) is 11.3 Å². The van der Waals surface area contributed by atoms with Crippen LogP contribution in [-0.4, -0.2) is 7.09 Å². The summed E-state index contributed by atoms with van der Waals surface area (Å²) in [4.78, 5) is 0. The van der Waals surface area contributed by atoms with Crippen LogP contribution in [-0.2, 0) is 0 Å². The predicted molar refractivity (Wildman–Crippen MR) is 37.7 cm³/mol. The van der Waals surface area contributed by atoms with Crippen molar-refractivity contribution in [2.45, 2.75) is 0 Å². The minimum absolute atomic E-state index is 0.154. The Morgan fingerprint density at radius 3 is 3.10 bits per heavy atom. The molecule has 1 aromatic carbocycles. The number of hydrogen-bond donors (Lipinski definition) is 0. The van der Waals surface area contributed by atoms with Crippen LogP contribution in [0.5, 0.6) is 5.75 Å². The quantitative estimate of drug-likeness (QED) is 0.584. The third-order valence-corrected chi connectivity index (χ3v) is 1.16. The lowest BCUT2D eigenvalue weighted by atomic mass is 10.2. The van der Waals surface area contributed by atoms with Gasteiger partial charge in [0.1, 0.15) is 11.8 Å². The molecule has 0 aliphatic carbocycles. The third kappa shape index (κ3) is 1.08. The molecule has 0 atom stereocenters. The minimum Gasteiger partial charge on any atom is -0.495 e.